The fourth-order valence-corrected chi connectivity index (χ4v) is 4.51. The number of amides is 1. The zero-order valence-corrected chi connectivity index (χ0v) is 16.5. The van der Waals surface area contributed by atoms with E-state index in [-0.39, 0.29) is 11.8 Å². The highest BCUT2D eigenvalue weighted by atomic mass is 16.1. The van der Waals surface area contributed by atoms with E-state index in [0.29, 0.717) is 6.54 Å². The zero-order chi connectivity index (χ0) is 19.6. The van der Waals surface area contributed by atoms with Crippen molar-refractivity contribution >= 4 is 28.6 Å². The Hall–Kier alpha value is -2.96. The van der Waals surface area contributed by atoms with Crippen molar-refractivity contribution in [1.29, 1.82) is 0 Å². The summed E-state index contributed by atoms with van der Waals surface area (Å²) < 4.78 is 2.26. The second-order valence-corrected chi connectivity index (χ2v) is 8.00. The van der Waals surface area contributed by atoms with Crippen LogP contribution in [0.25, 0.3) is 11.2 Å². The molecule has 0 bridgehead atoms. The predicted molar refractivity (Wildman–Crippen MR) is 113 cm³/mol. The minimum absolute atomic E-state index is 0.0607. The molecule has 0 radical (unpaired) electrons. The molecule has 0 spiro atoms. The predicted octanol–water partition coefficient (Wildman–Crippen LogP) is 3.41. The Morgan fingerprint density at radius 3 is 2.83 bits per heavy atom. The molecule has 1 atom stereocenters. The normalized spacial score (nSPS) is 19.6. The van der Waals surface area contributed by atoms with Gasteiger partial charge in [-0.2, -0.15) is 0 Å². The van der Waals surface area contributed by atoms with E-state index >= 15 is 0 Å². The number of para-hydroxylation sites is 1. The van der Waals surface area contributed by atoms with Gasteiger partial charge >= 0.3 is 0 Å². The number of imidazole rings is 1. The van der Waals surface area contributed by atoms with Crippen LogP contribution in [0, 0.1) is 5.92 Å². The van der Waals surface area contributed by atoms with Crippen LogP contribution in [0.4, 0.5) is 11.5 Å². The summed E-state index contributed by atoms with van der Waals surface area (Å²) in [6, 6.07) is 9.66. The van der Waals surface area contributed by atoms with Crippen molar-refractivity contribution in [1.82, 2.24) is 19.5 Å². The van der Waals surface area contributed by atoms with Crippen molar-refractivity contribution in [3.05, 3.63) is 42.5 Å². The van der Waals surface area contributed by atoms with E-state index < -0.39 is 0 Å². The van der Waals surface area contributed by atoms with Gasteiger partial charge in [-0.05, 0) is 37.8 Å². The SMILES string of the molecule is O=C(Nc1ccccc1)[C@@H]1CCCN(c2ncnc3c2nc2n3CCCCC2)C1. The van der Waals surface area contributed by atoms with Gasteiger partial charge in [0.25, 0.3) is 0 Å². The molecule has 1 amide bonds. The van der Waals surface area contributed by atoms with Crippen LogP contribution < -0.4 is 10.2 Å². The number of hydrogen-bond acceptors (Lipinski definition) is 5. The molecule has 3 aromatic rings. The number of aromatic nitrogens is 4. The van der Waals surface area contributed by atoms with Gasteiger partial charge in [-0.25, -0.2) is 15.0 Å². The van der Waals surface area contributed by atoms with Gasteiger partial charge in [-0.3, -0.25) is 4.79 Å². The third-order valence-electron chi connectivity index (χ3n) is 6.01. The summed E-state index contributed by atoms with van der Waals surface area (Å²) in [6.07, 6.45) is 8.09. The molecule has 1 fully saturated rings. The quantitative estimate of drug-likeness (QED) is 0.742. The summed E-state index contributed by atoms with van der Waals surface area (Å²) in [5, 5.41) is 3.05. The molecule has 0 saturated carbocycles. The topological polar surface area (TPSA) is 75.9 Å². The standard InChI is InChI=1S/C22H26N6O/c29-22(25-17-9-3-1-4-10-17)16-8-7-12-27(14-16)20-19-21(24-15-23-20)28-13-6-2-5-11-18(28)26-19/h1,3-4,9-10,15-16H,2,5-8,11-14H2,(H,25,29)/t16-/m1/s1. The number of anilines is 2. The molecule has 5 rings (SSSR count). The molecule has 0 aliphatic carbocycles. The van der Waals surface area contributed by atoms with E-state index in [2.05, 4.69) is 24.8 Å². The van der Waals surface area contributed by atoms with Gasteiger partial charge in [0.1, 0.15) is 12.2 Å². The van der Waals surface area contributed by atoms with Gasteiger partial charge < -0.3 is 14.8 Å². The second kappa shape index (κ2) is 7.81. The fraction of sp³-hybridized carbons (Fsp3) is 0.455. The average molecular weight is 390 g/mol. The number of carbonyl (C=O) groups is 1. The maximum Gasteiger partial charge on any atom is 0.229 e. The molecule has 7 nitrogen and oxygen atoms in total. The highest BCUT2D eigenvalue weighted by Crippen LogP contribution is 2.29. The molecule has 2 aliphatic heterocycles. The van der Waals surface area contributed by atoms with Gasteiger partial charge in [-0.1, -0.05) is 24.6 Å². The monoisotopic (exact) mass is 390 g/mol. The number of aryl methyl sites for hydroxylation is 2. The number of hydrogen-bond donors (Lipinski definition) is 1. The van der Waals surface area contributed by atoms with Crippen LogP contribution in [0.1, 0.15) is 37.9 Å². The third kappa shape index (κ3) is 3.57. The van der Waals surface area contributed by atoms with E-state index in [0.717, 1.165) is 60.8 Å². The Morgan fingerprint density at radius 2 is 1.93 bits per heavy atom. The molecule has 29 heavy (non-hydrogen) atoms. The van der Waals surface area contributed by atoms with Crippen LogP contribution in [0.15, 0.2) is 36.7 Å². The van der Waals surface area contributed by atoms with Gasteiger partial charge in [-0.15, -0.1) is 0 Å². The summed E-state index contributed by atoms with van der Waals surface area (Å²) >= 11 is 0. The molecule has 0 unspecified atom stereocenters. The average Bonchev–Trinajstić information content (AvgIpc) is 2.95. The first-order valence-corrected chi connectivity index (χ1v) is 10.6. The van der Waals surface area contributed by atoms with Gasteiger partial charge in [0, 0.05) is 31.7 Å². The van der Waals surface area contributed by atoms with Crippen LogP contribution in [-0.2, 0) is 17.8 Å². The Labute approximate surface area is 170 Å². The second-order valence-electron chi connectivity index (χ2n) is 8.00. The molecule has 1 saturated heterocycles. The van der Waals surface area contributed by atoms with Crippen LogP contribution in [0.3, 0.4) is 0 Å². The van der Waals surface area contributed by atoms with Crippen LogP contribution >= 0.6 is 0 Å². The molecule has 2 aliphatic rings. The van der Waals surface area contributed by atoms with Crippen LogP contribution in [0.5, 0.6) is 0 Å². The Balaban J connectivity index is 1.39. The lowest BCUT2D eigenvalue weighted by molar-refractivity contribution is -0.120. The lowest BCUT2D eigenvalue weighted by atomic mass is 9.97. The highest BCUT2D eigenvalue weighted by Gasteiger charge is 2.29. The number of benzene rings is 1. The summed E-state index contributed by atoms with van der Waals surface area (Å²) in [6.45, 7) is 2.53. The van der Waals surface area contributed by atoms with E-state index in [1.165, 1.54) is 19.3 Å². The molecule has 1 aromatic carbocycles. The summed E-state index contributed by atoms with van der Waals surface area (Å²) in [7, 11) is 0. The van der Waals surface area contributed by atoms with Crippen molar-refractivity contribution in [2.24, 2.45) is 5.92 Å². The highest BCUT2D eigenvalue weighted by molar-refractivity contribution is 5.93. The lowest BCUT2D eigenvalue weighted by Crippen LogP contribution is -2.41. The maximum atomic E-state index is 12.8. The number of nitrogens with one attached hydrogen (secondary N) is 1. The molecular formula is C22H26N6O. The summed E-state index contributed by atoms with van der Waals surface area (Å²) in [5.74, 6) is 2.00. The number of nitrogens with zero attached hydrogens (tertiary/aromatic N) is 5. The molecule has 1 N–H and O–H groups in total. The zero-order valence-electron chi connectivity index (χ0n) is 16.5. The Morgan fingerprint density at radius 1 is 1.03 bits per heavy atom. The smallest absolute Gasteiger partial charge is 0.229 e. The van der Waals surface area contributed by atoms with Crippen molar-refractivity contribution in [3.8, 4) is 0 Å². The van der Waals surface area contributed by atoms with Crippen molar-refractivity contribution < 1.29 is 4.79 Å². The minimum Gasteiger partial charge on any atom is -0.354 e. The minimum atomic E-state index is -0.0607. The first-order valence-electron chi connectivity index (χ1n) is 10.6. The lowest BCUT2D eigenvalue weighted by Gasteiger charge is -2.32. The molecule has 150 valence electrons. The third-order valence-corrected chi connectivity index (χ3v) is 6.01. The summed E-state index contributed by atoms with van der Waals surface area (Å²) in [5.41, 5.74) is 2.66. The fourth-order valence-electron chi connectivity index (χ4n) is 4.51. The first-order chi connectivity index (χ1) is 14.3. The van der Waals surface area contributed by atoms with Crippen LogP contribution in [-0.4, -0.2) is 38.5 Å². The van der Waals surface area contributed by atoms with E-state index in [1.807, 2.05) is 30.3 Å². The molecule has 7 heteroatoms. The van der Waals surface area contributed by atoms with E-state index in [1.54, 1.807) is 6.33 Å². The first kappa shape index (κ1) is 18.1. The number of rotatable bonds is 3. The van der Waals surface area contributed by atoms with Crippen molar-refractivity contribution in [3.63, 3.8) is 0 Å². The maximum absolute atomic E-state index is 12.8. The largest absolute Gasteiger partial charge is 0.354 e. The Bertz CT molecular complexity index is 1010. The van der Waals surface area contributed by atoms with Crippen LogP contribution in [0.2, 0.25) is 0 Å². The Kier molecular flexibility index (Phi) is 4.87. The van der Waals surface area contributed by atoms with Crippen molar-refractivity contribution in [2.45, 2.75) is 45.1 Å². The molecule has 4 heterocycles. The van der Waals surface area contributed by atoms with Gasteiger partial charge in [0.2, 0.25) is 5.91 Å². The number of carbonyl (C=O) groups excluding carboxylic acids is 1. The van der Waals surface area contributed by atoms with Crippen molar-refractivity contribution in [2.75, 3.05) is 23.3 Å². The number of fused-ring (bicyclic) bond motifs is 3. The van der Waals surface area contributed by atoms with E-state index in [9.17, 15) is 4.79 Å². The summed E-state index contributed by atoms with van der Waals surface area (Å²) in [4.78, 5) is 29.1. The molecular weight excluding hydrogens is 364 g/mol. The molecule has 2 aromatic heterocycles. The van der Waals surface area contributed by atoms with Gasteiger partial charge in [0.15, 0.2) is 17.0 Å². The van der Waals surface area contributed by atoms with E-state index in [4.69, 9.17) is 4.98 Å². The number of piperidine rings is 1. The van der Waals surface area contributed by atoms with Gasteiger partial charge in [0.05, 0.1) is 5.92 Å².